The fourth-order valence-electron chi connectivity index (χ4n) is 2.58. The van der Waals surface area contributed by atoms with Crippen molar-refractivity contribution in [1.82, 2.24) is 0 Å². The van der Waals surface area contributed by atoms with Crippen molar-refractivity contribution in [1.29, 1.82) is 0 Å². The largest absolute Gasteiger partial charge is 0.486 e. The molecule has 5 heteroatoms. The molecular formula is C21H18Cl3NO. The van der Waals surface area contributed by atoms with Crippen LogP contribution in [0, 0.1) is 6.92 Å². The second kappa shape index (κ2) is 8.68. The lowest BCUT2D eigenvalue weighted by molar-refractivity contribution is 0.306. The van der Waals surface area contributed by atoms with Crippen LogP contribution >= 0.6 is 34.8 Å². The zero-order chi connectivity index (χ0) is 18.5. The molecule has 0 unspecified atom stereocenters. The molecule has 3 rings (SSSR count). The molecule has 3 aromatic carbocycles. The highest BCUT2D eigenvalue weighted by atomic mass is 35.5. The van der Waals surface area contributed by atoms with E-state index >= 15 is 0 Å². The van der Waals surface area contributed by atoms with E-state index in [0.29, 0.717) is 28.9 Å². The zero-order valence-corrected chi connectivity index (χ0v) is 16.5. The molecule has 0 spiro atoms. The van der Waals surface area contributed by atoms with E-state index in [1.807, 2.05) is 67.6 Å². The van der Waals surface area contributed by atoms with Crippen molar-refractivity contribution in [3.8, 4) is 5.75 Å². The minimum atomic E-state index is 0.416. The van der Waals surface area contributed by atoms with Gasteiger partial charge in [0.2, 0.25) is 0 Å². The first-order valence-corrected chi connectivity index (χ1v) is 9.31. The fourth-order valence-corrected chi connectivity index (χ4v) is 3.39. The Kier molecular flexibility index (Phi) is 6.31. The third-order valence-corrected chi connectivity index (χ3v) is 5.01. The topological polar surface area (TPSA) is 21.3 Å². The van der Waals surface area contributed by atoms with Gasteiger partial charge in [-0.05, 0) is 47.9 Å². The molecule has 0 saturated heterocycles. The van der Waals surface area contributed by atoms with Crippen molar-refractivity contribution < 1.29 is 4.74 Å². The summed E-state index contributed by atoms with van der Waals surface area (Å²) < 4.78 is 5.80. The van der Waals surface area contributed by atoms with Gasteiger partial charge in [0, 0.05) is 17.3 Å². The minimum absolute atomic E-state index is 0.416. The summed E-state index contributed by atoms with van der Waals surface area (Å²) in [6, 6.07) is 19.4. The van der Waals surface area contributed by atoms with Crippen LogP contribution in [0.4, 0.5) is 5.69 Å². The SMILES string of the molecule is Cc1c(Cl)cccc1NCc1cc(Cl)c(OCc2ccccc2)c(Cl)c1. The molecular weight excluding hydrogens is 389 g/mol. The highest BCUT2D eigenvalue weighted by molar-refractivity contribution is 6.37. The highest BCUT2D eigenvalue weighted by Gasteiger charge is 2.11. The van der Waals surface area contributed by atoms with Gasteiger partial charge < -0.3 is 10.1 Å². The molecule has 0 radical (unpaired) electrons. The normalized spacial score (nSPS) is 10.6. The molecule has 0 saturated carbocycles. The molecule has 0 bridgehead atoms. The lowest BCUT2D eigenvalue weighted by Gasteiger charge is -2.14. The molecule has 0 aliphatic carbocycles. The number of hydrogen-bond acceptors (Lipinski definition) is 2. The van der Waals surface area contributed by atoms with Crippen LogP contribution in [0.5, 0.6) is 5.75 Å². The average Bonchev–Trinajstić information content (AvgIpc) is 2.63. The summed E-state index contributed by atoms with van der Waals surface area (Å²) in [6.07, 6.45) is 0. The Morgan fingerprint density at radius 2 is 1.50 bits per heavy atom. The molecule has 1 N–H and O–H groups in total. The summed E-state index contributed by atoms with van der Waals surface area (Å²) in [5.74, 6) is 0.500. The van der Waals surface area contributed by atoms with E-state index in [4.69, 9.17) is 39.5 Å². The van der Waals surface area contributed by atoms with Crippen LogP contribution in [-0.4, -0.2) is 0 Å². The standard InChI is InChI=1S/C21H18Cl3NO/c1-14-17(22)8-5-9-20(14)25-12-16-10-18(23)21(19(24)11-16)26-13-15-6-3-2-4-7-15/h2-11,25H,12-13H2,1H3. The maximum Gasteiger partial charge on any atom is 0.156 e. The minimum Gasteiger partial charge on any atom is -0.486 e. The summed E-state index contributed by atoms with van der Waals surface area (Å²) in [5, 5.41) is 5.08. The van der Waals surface area contributed by atoms with Crippen LogP contribution in [0.25, 0.3) is 0 Å². The van der Waals surface area contributed by atoms with E-state index < -0.39 is 0 Å². The van der Waals surface area contributed by atoms with Gasteiger partial charge in [0.1, 0.15) is 6.61 Å². The second-order valence-corrected chi connectivity index (χ2v) is 7.15. The number of halogens is 3. The quantitative estimate of drug-likeness (QED) is 0.469. The van der Waals surface area contributed by atoms with Gasteiger partial charge in [-0.3, -0.25) is 0 Å². The molecule has 0 aliphatic rings. The number of ether oxygens (including phenoxy) is 1. The number of anilines is 1. The van der Waals surface area contributed by atoms with Gasteiger partial charge in [-0.15, -0.1) is 0 Å². The van der Waals surface area contributed by atoms with E-state index in [9.17, 15) is 0 Å². The summed E-state index contributed by atoms with van der Waals surface area (Å²) in [6.45, 7) is 2.98. The van der Waals surface area contributed by atoms with Crippen LogP contribution in [0.3, 0.4) is 0 Å². The summed E-state index contributed by atoms with van der Waals surface area (Å²) >= 11 is 18.9. The van der Waals surface area contributed by atoms with Gasteiger partial charge in [0.05, 0.1) is 10.0 Å². The smallest absolute Gasteiger partial charge is 0.156 e. The van der Waals surface area contributed by atoms with E-state index in [1.54, 1.807) is 0 Å². The Hall–Kier alpha value is -1.87. The fraction of sp³-hybridized carbons (Fsp3) is 0.143. The lowest BCUT2D eigenvalue weighted by atomic mass is 10.1. The molecule has 3 aromatic rings. The predicted molar refractivity (Wildman–Crippen MR) is 111 cm³/mol. The van der Waals surface area contributed by atoms with Crippen LogP contribution in [0.2, 0.25) is 15.1 Å². The Labute approximate surface area is 168 Å². The van der Waals surface area contributed by atoms with Crippen molar-refractivity contribution in [2.45, 2.75) is 20.1 Å². The van der Waals surface area contributed by atoms with Crippen molar-refractivity contribution >= 4 is 40.5 Å². The van der Waals surface area contributed by atoms with E-state index in [-0.39, 0.29) is 0 Å². The molecule has 2 nitrogen and oxygen atoms in total. The van der Waals surface area contributed by atoms with Crippen LogP contribution in [0.1, 0.15) is 16.7 Å². The third-order valence-electron chi connectivity index (χ3n) is 4.03. The molecule has 0 atom stereocenters. The molecule has 134 valence electrons. The Balaban J connectivity index is 1.69. The van der Waals surface area contributed by atoms with Crippen molar-refractivity contribution in [2.24, 2.45) is 0 Å². The predicted octanol–water partition coefficient (Wildman–Crippen LogP) is 7.15. The maximum absolute atomic E-state index is 6.38. The summed E-state index contributed by atoms with van der Waals surface area (Å²) in [4.78, 5) is 0. The molecule has 0 aliphatic heterocycles. The Morgan fingerprint density at radius 1 is 0.808 bits per heavy atom. The van der Waals surface area contributed by atoms with E-state index in [0.717, 1.165) is 27.4 Å². The number of benzene rings is 3. The Morgan fingerprint density at radius 3 is 2.19 bits per heavy atom. The maximum atomic E-state index is 6.38. The first-order valence-electron chi connectivity index (χ1n) is 8.18. The van der Waals surface area contributed by atoms with Crippen molar-refractivity contribution in [3.05, 3.63) is 92.4 Å². The molecule has 0 fully saturated rings. The molecule has 0 amide bonds. The van der Waals surface area contributed by atoms with E-state index in [1.165, 1.54) is 0 Å². The number of rotatable bonds is 6. The first-order chi connectivity index (χ1) is 12.5. The van der Waals surface area contributed by atoms with Gasteiger partial charge in [0.15, 0.2) is 5.75 Å². The van der Waals surface area contributed by atoms with Crippen LogP contribution in [0.15, 0.2) is 60.7 Å². The second-order valence-electron chi connectivity index (χ2n) is 5.93. The van der Waals surface area contributed by atoms with Crippen LogP contribution < -0.4 is 10.1 Å². The van der Waals surface area contributed by atoms with Crippen molar-refractivity contribution in [2.75, 3.05) is 5.32 Å². The van der Waals surface area contributed by atoms with E-state index in [2.05, 4.69) is 5.32 Å². The number of hydrogen-bond donors (Lipinski definition) is 1. The van der Waals surface area contributed by atoms with Crippen molar-refractivity contribution in [3.63, 3.8) is 0 Å². The summed E-state index contributed by atoms with van der Waals surface area (Å²) in [7, 11) is 0. The average molecular weight is 407 g/mol. The number of nitrogens with one attached hydrogen (secondary N) is 1. The highest BCUT2D eigenvalue weighted by Crippen LogP contribution is 2.35. The van der Waals surface area contributed by atoms with Gasteiger partial charge in [0.25, 0.3) is 0 Å². The first kappa shape index (κ1) is 18.9. The van der Waals surface area contributed by atoms with Crippen LogP contribution in [-0.2, 0) is 13.2 Å². The van der Waals surface area contributed by atoms with Gasteiger partial charge in [-0.2, -0.15) is 0 Å². The third kappa shape index (κ3) is 4.64. The summed E-state index contributed by atoms with van der Waals surface area (Å²) in [5.41, 5.74) is 4.01. The lowest BCUT2D eigenvalue weighted by Crippen LogP contribution is -2.02. The van der Waals surface area contributed by atoms with Gasteiger partial charge in [-0.25, -0.2) is 0 Å². The van der Waals surface area contributed by atoms with Gasteiger partial charge >= 0.3 is 0 Å². The zero-order valence-electron chi connectivity index (χ0n) is 14.2. The molecule has 0 aromatic heterocycles. The monoisotopic (exact) mass is 405 g/mol. The molecule has 0 heterocycles. The Bertz CT molecular complexity index is 874. The molecule has 26 heavy (non-hydrogen) atoms. The van der Waals surface area contributed by atoms with Gasteiger partial charge in [-0.1, -0.05) is 71.2 Å².